The lowest BCUT2D eigenvalue weighted by atomic mass is 10.3. The Balaban J connectivity index is 1.43. The first-order valence-corrected chi connectivity index (χ1v) is 9.93. The standard InChI is InChI=1S/C21H19N5O2S/c1-22-20(27)18-12-16(8-11-24-18)28-15-5-6-17-19(13-15)29-21(26-17)25-10-7-14-4-2-3-9-23-14/h2-6,8-9,11-13H,7,10H2,1H3,(H,22,27)(H,25,26). The molecule has 0 radical (unpaired) electrons. The van der Waals surface area contributed by atoms with Gasteiger partial charge in [-0.3, -0.25) is 14.8 Å². The molecule has 0 aliphatic carbocycles. The van der Waals surface area contributed by atoms with Crippen molar-refractivity contribution in [2.45, 2.75) is 6.42 Å². The molecule has 146 valence electrons. The summed E-state index contributed by atoms with van der Waals surface area (Å²) in [5.41, 5.74) is 2.26. The van der Waals surface area contributed by atoms with Crippen LogP contribution < -0.4 is 15.4 Å². The molecular weight excluding hydrogens is 386 g/mol. The van der Waals surface area contributed by atoms with Crippen molar-refractivity contribution in [1.82, 2.24) is 20.3 Å². The second kappa shape index (κ2) is 8.66. The number of nitrogens with one attached hydrogen (secondary N) is 2. The van der Waals surface area contributed by atoms with Crippen LogP contribution in [0.25, 0.3) is 10.2 Å². The Kier molecular flexibility index (Phi) is 5.62. The van der Waals surface area contributed by atoms with Gasteiger partial charge in [-0.15, -0.1) is 0 Å². The van der Waals surface area contributed by atoms with E-state index in [0.29, 0.717) is 17.2 Å². The highest BCUT2D eigenvalue weighted by atomic mass is 32.1. The summed E-state index contributed by atoms with van der Waals surface area (Å²) in [4.78, 5) is 24.7. The summed E-state index contributed by atoms with van der Waals surface area (Å²) >= 11 is 1.57. The Morgan fingerprint density at radius 2 is 1.97 bits per heavy atom. The third kappa shape index (κ3) is 4.67. The van der Waals surface area contributed by atoms with Crippen LogP contribution in [0.4, 0.5) is 5.13 Å². The van der Waals surface area contributed by atoms with E-state index in [1.165, 1.54) is 0 Å². The minimum Gasteiger partial charge on any atom is -0.457 e. The zero-order valence-electron chi connectivity index (χ0n) is 15.8. The zero-order valence-corrected chi connectivity index (χ0v) is 16.6. The molecule has 0 fully saturated rings. The molecule has 1 amide bonds. The molecule has 8 heteroatoms. The van der Waals surface area contributed by atoms with Crippen molar-refractivity contribution < 1.29 is 9.53 Å². The lowest BCUT2D eigenvalue weighted by Gasteiger charge is -2.06. The van der Waals surface area contributed by atoms with Crippen LogP contribution in [0, 0.1) is 0 Å². The molecule has 0 bridgehead atoms. The molecule has 0 saturated heterocycles. The van der Waals surface area contributed by atoms with Gasteiger partial charge in [0.15, 0.2) is 5.13 Å². The maximum Gasteiger partial charge on any atom is 0.269 e. The number of rotatable bonds is 7. The number of nitrogens with zero attached hydrogens (tertiary/aromatic N) is 3. The minimum atomic E-state index is -0.255. The first-order chi connectivity index (χ1) is 14.2. The van der Waals surface area contributed by atoms with Crippen molar-refractivity contribution in [3.05, 3.63) is 72.3 Å². The minimum absolute atomic E-state index is 0.255. The molecule has 0 aliphatic rings. The number of hydrogen-bond donors (Lipinski definition) is 2. The van der Waals surface area contributed by atoms with Crippen molar-refractivity contribution in [2.75, 3.05) is 18.9 Å². The third-order valence-corrected chi connectivity index (χ3v) is 5.15. The van der Waals surface area contributed by atoms with Crippen LogP contribution in [0.2, 0.25) is 0 Å². The lowest BCUT2D eigenvalue weighted by molar-refractivity contribution is 0.0958. The number of hydrogen-bond acceptors (Lipinski definition) is 7. The number of fused-ring (bicyclic) bond motifs is 1. The summed E-state index contributed by atoms with van der Waals surface area (Å²) in [6.07, 6.45) is 4.19. The average Bonchev–Trinajstić information content (AvgIpc) is 3.16. The fourth-order valence-corrected chi connectivity index (χ4v) is 3.67. The van der Waals surface area contributed by atoms with E-state index in [0.717, 1.165) is 34.0 Å². The van der Waals surface area contributed by atoms with Gasteiger partial charge >= 0.3 is 0 Å². The summed E-state index contributed by atoms with van der Waals surface area (Å²) in [5.74, 6) is 0.973. The van der Waals surface area contributed by atoms with Gasteiger partial charge < -0.3 is 15.4 Å². The Labute approximate surface area is 171 Å². The van der Waals surface area contributed by atoms with Gasteiger partial charge in [-0.2, -0.15) is 0 Å². The van der Waals surface area contributed by atoms with Crippen LogP contribution >= 0.6 is 11.3 Å². The number of thiazole rings is 1. The van der Waals surface area contributed by atoms with Crippen LogP contribution in [0.3, 0.4) is 0 Å². The van der Waals surface area contributed by atoms with E-state index in [9.17, 15) is 4.79 Å². The van der Waals surface area contributed by atoms with E-state index < -0.39 is 0 Å². The van der Waals surface area contributed by atoms with E-state index in [2.05, 4.69) is 25.6 Å². The summed E-state index contributed by atoms with van der Waals surface area (Å²) in [7, 11) is 1.57. The van der Waals surface area contributed by atoms with Crippen molar-refractivity contribution in [1.29, 1.82) is 0 Å². The zero-order chi connectivity index (χ0) is 20.1. The molecule has 4 rings (SSSR count). The Morgan fingerprint density at radius 1 is 1.07 bits per heavy atom. The van der Waals surface area contributed by atoms with Gasteiger partial charge in [-0.25, -0.2) is 4.98 Å². The van der Waals surface area contributed by atoms with Gasteiger partial charge in [-0.05, 0) is 30.3 Å². The SMILES string of the molecule is CNC(=O)c1cc(Oc2ccc3nc(NCCc4ccccn4)sc3c2)ccn1. The molecule has 3 aromatic heterocycles. The predicted octanol–water partition coefficient (Wildman–Crippen LogP) is 3.89. The van der Waals surface area contributed by atoms with E-state index in [1.807, 2.05) is 36.4 Å². The molecule has 0 spiro atoms. The van der Waals surface area contributed by atoms with E-state index >= 15 is 0 Å². The summed E-state index contributed by atoms with van der Waals surface area (Å²) in [6, 6.07) is 15.0. The van der Waals surface area contributed by atoms with Gasteiger partial charge in [-0.1, -0.05) is 17.4 Å². The number of anilines is 1. The van der Waals surface area contributed by atoms with Crippen molar-refractivity contribution >= 4 is 32.6 Å². The average molecular weight is 405 g/mol. The maximum atomic E-state index is 11.7. The molecule has 1 aromatic carbocycles. The molecule has 3 heterocycles. The second-order valence-electron chi connectivity index (χ2n) is 6.20. The summed E-state index contributed by atoms with van der Waals surface area (Å²) in [5, 5.41) is 6.76. The van der Waals surface area contributed by atoms with Crippen LogP contribution in [0.5, 0.6) is 11.5 Å². The predicted molar refractivity (Wildman–Crippen MR) is 114 cm³/mol. The lowest BCUT2D eigenvalue weighted by Crippen LogP contribution is -2.18. The van der Waals surface area contributed by atoms with Crippen LogP contribution in [0.1, 0.15) is 16.2 Å². The maximum absolute atomic E-state index is 11.7. The quantitative estimate of drug-likeness (QED) is 0.485. The normalized spacial score (nSPS) is 10.7. The molecule has 0 atom stereocenters. The number of pyridine rings is 2. The molecule has 2 N–H and O–H groups in total. The Hall–Kier alpha value is -3.52. The van der Waals surface area contributed by atoms with Gasteiger partial charge in [0, 0.05) is 50.2 Å². The van der Waals surface area contributed by atoms with Gasteiger partial charge in [0.05, 0.1) is 10.2 Å². The number of amides is 1. The van der Waals surface area contributed by atoms with Crippen molar-refractivity contribution in [2.24, 2.45) is 0 Å². The van der Waals surface area contributed by atoms with Crippen LogP contribution in [0.15, 0.2) is 60.9 Å². The third-order valence-electron chi connectivity index (χ3n) is 4.17. The number of aromatic nitrogens is 3. The van der Waals surface area contributed by atoms with Crippen LogP contribution in [-0.4, -0.2) is 34.5 Å². The number of carbonyl (C=O) groups is 1. The van der Waals surface area contributed by atoms with Crippen molar-refractivity contribution in [3.8, 4) is 11.5 Å². The summed E-state index contributed by atoms with van der Waals surface area (Å²) in [6.45, 7) is 0.763. The fourth-order valence-electron chi connectivity index (χ4n) is 2.75. The molecule has 7 nitrogen and oxygen atoms in total. The van der Waals surface area contributed by atoms with E-state index in [4.69, 9.17) is 4.74 Å². The first-order valence-electron chi connectivity index (χ1n) is 9.11. The monoisotopic (exact) mass is 405 g/mol. The smallest absolute Gasteiger partial charge is 0.269 e. The fraction of sp³-hybridized carbons (Fsp3) is 0.143. The molecular formula is C21H19N5O2S. The van der Waals surface area contributed by atoms with Crippen LogP contribution in [-0.2, 0) is 6.42 Å². The molecule has 0 saturated carbocycles. The van der Waals surface area contributed by atoms with Gasteiger partial charge in [0.2, 0.25) is 0 Å². The van der Waals surface area contributed by atoms with Crippen molar-refractivity contribution in [3.63, 3.8) is 0 Å². The topological polar surface area (TPSA) is 89.0 Å². The highest BCUT2D eigenvalue weighted by molar-refractivity contribution is 7.22. The number of benzene rings is 1. The van der Waals surface area contributed by atoms with Gasteiger partial charge in [0.25, 0.3) is 5.91 Å². The first kappa shape index (κ1) is 18.8. The number of ether oxygens (including phenoxy) is 1. The number of carbonyl (C=O) groups excluding carboxylic acids is 1. The Bertz CT molecular complexity index is 1130. The highest BCUT2D eigenvalue weighted by Crippen LogP contribution is 2.31. The molecule has 29 heavy (non-hydrogen) atoms. The van der Waals surface area contributed by atoms with E-state index in [1.54, 1.807) is 42.9 Å². The molecule has 4 aromatic rings. The molecule has 0 unspecified atom stereocenters. The summed E-state index contributed by atoms with van der Waals surface area (Å²) < 4.78 is 6.92. The largest absolute Gasteiger partial charge is 0.457 e. The van der Waals surface area contributed by atoms with Gasteiger partial charge in [0.1, 0.15) is 17.2 Å². The highest BCUT2D eigenvalue weighted by Gasteiger charge is 2.09. The van der Waals surface area contributed by atoms with E-state index in [-0.39, 0.29) is 5.91 Å². The molecule has 0 aliphatic heterocycles. The Morgan fingerprint density at radius 3 is 2.79 bits per heavy atom. The second-order valence-corrected chi connectivity index (χ2v) is 7.24.